The molecule has 3 aromatic rings. The van der Waals surface area contributed by atoms with Gasteiger partial charge in [0.15, 0.2) is 0 Å². The Hall–Kier alpha value is -1.55. The third kappa shape index (κ3) is 2.42. The summed E-state index contributed by atoms with van der Waals surface area (Å²) in [6.07, 6.45) is 0. The van der Waals surface area contributed by atoms with E-state index in [1.165, 1.54) is 13.0 Å². The van der Waals surface area contributed by atoms with Crippen LogP contribution >= 0.6 is 23.2 Å². The molecule has 0 fully saturated rings. The van der Waals surface area contributed by atoms with Gasteiger partial charge in [0, 0.05) is 16.0 Å². The van der Waals surface area contributed by atoms with Crippen LogP contribution in [0.4, 0.5) is 4.39 Å². The molecule has 0 aliphatic rings. The van der Waals surface area contributed by atoms with E-state index in [0.717, 1.165) is 11.5 Å². The molecule has 3 rings (SSSR count). The number of aliphatic hydroxyl groups is 1. The second-order valence-corrected chi connectivity index (χ2v) is 5.78. The second-order valence-electron chi connectivity index (χ2n) is 4.97. The first-order chi connectivity index (χ1) is 9.89. The summed E-state index contributed by atoms with van der Waals surface area (Å²) in [5.41, 5.74) is -0.731. The number of halogens is 3. The van der Waals surface area contributed by atoms with Gasteiger partial charge in [0.05, 0.1) is 5.02 Å². The van der Waals surface area contributed by atoms with Gasteiger partial charge in [-0.15, -0.1) is 0 Å². The van der Waals surface area contributed by atoms with Gasteiger partial charge < -0.3 is 9.52 Å². The SMILES string of the molecule is CC(O)(c1cc2ccccc2o1)c1cc(F)c(Cl)cc1Cl. The number of benzene rings is 2. The third-order valence-electron chi connectivity index (χ3n) is 3.44. The van der Waals surface area contributed by atoms with E-state index in [4.69, 9.17) is 27.6 Å². The molecule has 1 atom stereocenters. The fourth-order valence-corrected chi connectivity index (χ4v) is 2.82. The van der Waals surface area contributed by atoms with Crippen LogP contribution in [0.5, 0.6) is 0 Å². The first-order valence-corrected chi connectivity index (χ1v) is 7.01. The monoisotopic (exact) mass is 324 g/mol. The molecule has 1 unspecified atom stereocenters. The molecule has 0 saturated carbocycles. The zero-order valence-corrected chi connectivity index (χ0v) is 12.5. The number of rotatable bonds is 2. The van der Waals surface area contributed by atoms with Crippen LogP contribution in [0.25, 0.3) is 11.0 Å². The van der Waals surface area contributed by atoms with E-state index in [0.29, 0.717) is 5.58 Å². The van der Waals surface area contributed by atoms with Gasteiger partial charge in [-0.25, -0.2) is 4.39 Å². The standard InChI is InChI=1S/C16H11Cl2FO2/c1-16(20,10-7-13(19)12(18)8-11(10)17)15-6-9-4-2-3-5-14(9)21-15/h2-8,20H,1H3. The normalized spacial score (nSPS) is 14.3. The second kappa shape index (κ2) is 5.02. The molecule has 0 bridgehead atoms. The molecule has 21 heavy (non-hydrogen) atoms. The Labute approximate surface area is 130 Å². The molecule has 2 aromatic carbocycles. The molecular formula is C16H11Cl2FO2. The van der Waals surface area contributed by atoms with Crippen molar-refractivity contribution in [2.24, 2.45) is 0 Å². The van der Waals surface area contributed by atoms with Gasteiger partial charge in [-0.1, -0.05) is 41.4 Å². The number of para-hydroxylation sites is 1. The molecule has 0 spiro atoms. The quantitative estimate of drug-likeness (QED) is 0.662. The van der Waals surface area contributed by atoms with E-state index in [9.17, 15) is 9.50 Å². The highest BCUT2D eigenvalue weighted by atomic mass is 35.5. The summed E-state index contributed by atoms with van der Waals surface area (Å²) in [5.74, 6) is -0.361. The summed E-state index contributed by atoms with van der Waals surface area (Å²) < 4.78 is 19.3. The zero-order chi connectivity index (χ0) is 15.2. The smallest absolute Gasteiger partial charge is 0.146 e. The molecule has 0 saturated heterocycles. The third-order valence-corrected chi connectivity index (χ3v) is 4.04. The number of hydrogen-bond donors (Lipinski definition) is 1. The fraction of sp³-hybridized carbons (Fsp3) is 0.125. The molecule has 0 aliphatic heterocycles. The minimum Gasteiger partial charge on any atom is -0.458 e. The van der Waals surface area contributed by atoms with E-state index >= 15 is 0 Å². The fourth-order valence-electron chi connectivity index (χ4n) is 2.25. The average Bonchev–Trinajstić information content (AvgIpc) is 2.87. The van der Waals surface area contributed by atoms with Crippen molar-refractivity contribution in [1.29, 1.82) is 0 Å². The Bertz CT molecular complexity index is 791. The van der Waals surface area contributed by atoms with Crippen molar-refractivity contribution < 1.29 is 13.9 Å². The van der Waals surface area contributed by atoms with Gasteiger partial charge in [-0.2, -0.15) is 0 Å². The predicted molar refractivity (Wildman–Crippen MR) is 81.3 cm³/mol. The van der Waals surface area contributed by atoms with Crippen LogP contribution in [0.2, 0.25) is 10.0 Å². The minimum absolute atomic E-state index is 0.0934. The zero-order valence-electron chi connectivity index (χ0n) is 11.0. The first-order valence-electron chi connectivity index (χ1n) is 6.26. The summed E-state index contributed by atoms with van der Waals surface area (Å²) in [6, 6.07) is 11.5. The molecule has 0 aliphatic carbocycles. The van der Waals surface area contributed by atoms with Crippen molar-refractivity contribution in [2.45, 2.75) is 12.5 Å². The van der Waals surface area contributed by atoms with Crippen LogP contribution in [-0.4, -0.2) is 5.11 Å². The lowest BCUT2D eigenvalue weighted by Crippen LogP contribution is -2.22. The molecule has 1 N–H and O–H groups in total. The largest absolute Gasteiger partial charge is 0.458 e. The van der Waals surface area contributed by atoms with Crippen LogP contribution in [0, 0.1) is 5.82 Å². The molecular weight excluding hydrogens is 314 g/mol. The molecule has 5 heteroatoms. The summed E-state index contributed by atoms with van der Waals surface area (Å²) in [5, 5.41) is 11.7. The van der Waals surface area contributed by atoms with Gasteiger partial charge in [-0.05, 0) is 31.2 Å². The summed E-state index contributed by atoms with van der Waals surface area (Å²) in [6.45, 7) is 1.50. The Morgan fingerprint density at radius 2 is 1.81 bits per heavy atom. The van der Waals surface area contributed by atoms with Crippen molar-refractivity contribution >= 4 is 34.2 Å². The maximum Gasteiger partial charge on any atom is 0.146 e. The maximum atomic E-state index is 13.7. The lowest BCUT2D eigenvalue weighted by molar-refractivity contribution is 0.0784. The number of hydrogen-bond acceptors (Lipinski definition) is 2. The first kappa shape index (κ1) is 14.4. The highest BCUT2D eigenvalue weighted by molar-refractivity contribution is 6.35. The van der Waals surface area contributed by atoms with Crippen LogP contribution in [0.3, 0.4) is 0 Å². The Balaban J connectivity index is 2.17. The van der Waals surface area contributed by atoms with Crippen molar-refractivity contribution in [1.82, 2.24) is 0 Å². The molecule has 2 nitrogen and oxygen atoms in total. The van der Waals surface area contributed by atoms with E-state index in [1.807, 2.05) is 18.2 Å². The predicted octanol–water partition coefficient (Wildman–Crippen LogP) is 5.13. The molecule has 0 amide bonds. The lowest BCUT2D eigenvalue weighted by atomic mass is 9.93. The molecule has 0 radical (unpaired) electrons. The Kier molecular flexibility index (Phi) is 3.44. The Morgan fingerprint density at radius 1 is 1.10 bits per heavy atom. The lowest BCUT2D eigenvalue weighted by Gasteiger charge is -2.22. The van der Waals surface area contributed by atoms with Crippen molar-refractivity contribution in [3.63, 3.8) is 0 Å². The maximum absolute atomic E-state index is 13.7. The number of fused-ring (bicyclic) bond motifs is 1. The van der Waals surface area contributed by atoms with Crippen molar-refractivity contribution in [3.8, 4) is 0 Å². The van der Waals surface area contributed by atoms with E-state index in [2.05, 4.69) is 0 Å². The minimum atomic E-state index is -1.57. The highest BCUT2D eigenvalue weighted by Crippen LogP contribution is 2.38. The van der Waals surface area contributed by atoms with E-state index < -0.39 is 11.4 Å². The molecule has 108 valence electrons. The van der Waals surface area contributed by atoms with Gasteiger partial charge >= 0.3 is 0 Å². The van der Waals surface area contributed by atoms with Gasteiger partial charge in [-0.3, -0.25) is 0 Å². The van der Waals surface area contributed by atoms with E-state index in [1.54, 1.807) is 12.1 Å². The number of furan rings is 1. The topological polar surface area (TPSA) is 33.4 Å². The van der Waals surface area contributed by atoms with Crippen LogP contribution < -0.4 is 0 Å². The van der Waals surface area contributed by atoms with E-state index in [-0.39, 0.29) is 21.4 Å². The summed E-state index contributed by atoms with van der Waals surface area (Å²) in [4.78, 5) is 0. The molecule has 1 aromatic heterocycles. The van der Waals surface area contributed by atoms with Crippen molar-refractivity contribution in [3.05, 3.63) is 69.7 Å². The van der Waals surface area contributed by atoms with Gasteiger partial charge in [0.1, 0.15) is 22.8 Å². The van der Waals surface area contributed by atoms with Gasteiger partial charge in [0.2, 0.25) is 0 Å². The molecule has 1 heterocycles. The Morgan fingerprint density at radius 3 is 2.52 bits per heavy atom. The van der Waals surface area contributed by atoms with Gasteiger partial charge in [0.25, 0.3) is 0 Å². The summed E-state index contributed by atoms with van der Waals surface area (Å²) in [7, 11) is 0. The van der Waals surface area contributed by atoms with Crippen LogP contribution in [0.15, 0.2) is 46.9 Å². The van der Waals surface area contributed by atoms with Crippen LogP contribution in [0.1, 0.15) is 18.2 Å². The van der Waals surface area contributed by atoms with Crippen molar-refractivity contribution in [2.75, 3.05) is 0 Å². The highest BCUT2D eigenvalue weighted by Gasteiger charge is 2.32. The average molecular weight is 325 g/mol. The summed E-state index contributed by atoms with van der Waals surface area (Å²) >= 11 is 11.8. The van der Waals surface area contributed by atoms with Crippen LogP contribution in [-0.2, 0) is 5.60 Å².